The van der Waals surface area contributed by atoms with E-state index in [9.17, 15) is 9.90 Å². The molecule has 0 saturated heterocycles. The molecule has 0 fully saturated rings. The first-order chi connectivity index (χ1) is 11.0. The largest absolute Gasteiger partial charge is 0.444 e. The first-order valence-electron chi connectivity index (χ1n) is 8.31. The van der Waals surface area contributed by atoms with Crippen LogP contribution in [0.2, 0.25) is 0 Å². The molecule has 4 N–H and O–H groups in total. The number of carbonyl (C=O) groups excluding carboxylic acids is 1. The summed E-state index contributed by atoms with van der Waals surface area (Å²) in [4.78, 5) is 14.0. The van der Waals surface area contributed by atoms with Gasteiger partial charge >= 0.3 is 6.09 Å². The highest BCUT2D eigenvalue weighted by Crippen LogP contribution is 2.31. The summed E-state index contributed by atoms with van der Waals surface area (Å²) in [6, 6.07) is 3.77. The molecular weight excluding hydrogens is 306 g/mol. The predicted octanol–water partition coefficient (Wildman–Crippen LogP) is 2.74. The minimum absolute atomic E-state index is 0.317. The van der Waals surface area contributed by atoms with Crippen molar-refractivity contribution in [3.8, 4) is 0 Å². The Hall–Kier alpha value is -1.95. The third-order valence-corrected chi connectivity index (χ3v) is 3.81. The maximum Gasteiger partial charge on any atom is 0.410 e. The molecule has 6 heteroatoms. The molecule has 2 rings (SSSR count). The normalized spacial score (nSPS) is 15.0. The van der Waals surface area contributed by atoms with Crippen LogP contribution in [0, 0.1) is 0 Å². The van der Waals surface area contributed by atoms with Gasteiger partial charge < -0.3 is 25.8 Å². The lowest BCUT2D eigenvalue weighted by atomic mass is 9.96. The van der Waals surface area contributed by atoms with Crippen molar-refractivity contribution in [1.29, 1.82) is 0 Å². The summed E-state index contributed by atoms with van der Waals surface area (Å²) in [5.74, 6) is 0. The number of nitrogens with zero attached hydrogens (tertiary/aromatic N) is 1. The quantitative estimate of drug-likeness (QED) is 0.739. The van der Waals surface area contributed by atoms with Crippen molar-refractivity contribution in [2.45, 2.75) is 58.8 Å². The summed E-state index contributed by atoms with van der Waals surface area (Å²) >= 11 is 0. The average molecular weight is 335 g/mol. The van der Waals surface area contributed by atoms with E-state index in [1.54, 1.807) is 18.7 Å². The number of hydrogen-bond acceptors (Lipinski definition) is 5. The number of nitrogens with two attached hydrogens (primary N) is 1. The highest BCUT2D eigenvalue weighted by Gasteiger charge is 2.28. The molecular formula is C18H29N3O3. The summed E-state index contributed by atoms with van der Waals surface area (Å²) in [5.41, 5.74) is 8.51. The van der Waals surface area contributed by atoms with Gasteiger partial charge in [-0.15, -0.1) is 0 Å². The molecule has 1 heterocycles. The van der Waals surface area contributed by atoms with Crippen molar-refractivity contribution in [3.05, 3.63) is 23.3 Å². The number of fused-ring (bicyclic) bond motifs is 1. The Kier molecular flexibility index (Phi) is 4.99. The van der Waals surface area contributed by atoms with E-state index in [1.165, 1.54) is 0 Å². The zero-order valence-electron chi connectivity index (χ0n) is 15.3. The standard InChI is InChI=1S/C18H29N3O3/c1-17(2,3)24-16(22)21-9-8-12-13(10-21)14(19)6-7-15(12)20-11-18(4,5)23/h6-7,20,23H,8-11,19H2,1-5H3. The van der Waals surface area contributed by atoms with Gasteiger partial charge in [0.1, 0.15) is 5.60 Å². The smallest absolute Gasteiger partial charge is 0.410 e. The maximum atomic E-state index is 12.3. The summed E-state index contributed by atoms with van der Waals surface area (Å²) in [5, 5.41) is 13.2. The van der Waals surface area contributed by atoms with Gasteiger partial charge in [0.25, 0.3) is 0 Å². The molecule has 1 amide bonds. The molecule has 1 aliphatic rings. The molecule has 1 aromatic carbocycles. The zero-order chi connectivity index (χ0) is 18.1. The SMILES string of the molecule is CC(C)(O)CNc1ccc(N)c2c1CCN(C(=O)OC(C)(C)C)C2. The van der Waals surface area contributed by atoms with E-state index in [2.05, 4.69) is 5.32 Å². The Bertz CT molecular complexity index is 615. The first kappa shape index (κ1) is 18.4. The number of ether oxygens (including phenoxy) is 1. The molecule has 0 aromatic heterocycles. The number of benzene rings is 1. The number of hydrogen-bond donors (Lipinski definition) is 3. The van der Waals surface area contributed by atoms with Crippen LogP contribution in [0.25, 0.3) is 0 Å². The van der Waals surface area contributed by atoms with E-state index in [4.69, 9.17) is 10.5 Å². The van der Waals surface area contributed by atoms with Crippen molar-refractivity contribution in [2.75, 3.05) is 24.1 Å². The maximum absolute atomic E-state index is 12.3. The lowest BCUT2D eigenvalue weighted by Crippen LogP contribution is -2.40. The number of carbonyl (C=O) groups is 1. The van der Waals surface area contributed by atoms with E-state index < -0.39 is 11.2 Å². The zero-order valence-corrected chi connectivity index (χ0v) is 15.3. The third kappa shape index (κ3) is 4.77. The minimum Gasteiger partial charge on any atom is -0.444 e. The number of rotatable bonds is 3. The van der Waals surface area contributed by atoms with E-state index in [0.717, 1.165) is 16.8 Å². The Balaban J connectivity index is 2.18. The van der Waals surface area contributed by atoms with Crippen molar-refractivity contribution < 1.29 is 14.6 Å². The van der Waals surface area contributed by atoms with Gasteiger partial charge in [-0.2, -0.15) is 0 Å². The van der Waals surface area contributed by atoms with Crippen molar-refractivity contribution in [1.82, 2.24) is 4.90 Å². The molecule has 6 nitrogen and oxygen atoms in total. The second kappa shape index (κ2) is 6.51. The number of anilines is 2. The van der Waals surface area contributed by atoms with Crippen LogP contribution in [0.5, 0.6) is 0 Å². The number of nitrogens with one attached hydrogen (secondary N) is 1. The van der Waals surface area contributed by atoms with E-state index in [0.29, 0.717) is 31.7 Å². The van der Waals surface area contributed by atoms with Crippen LogP contribution < -0.4 is 11.1 Å². The molecule has 0 aliphatic carbocycles. The second-order valence-corrected chi connectivity index (χ2v) is 7.98. The van der Waals surface area contributed by atoms with Crippen LogP contribution in [0.3, 0.4) is 0 Å². The van der Waals surface area contributed by atoms with Crippen molar-refractivity contribution in [2.24, 2.45) is 0 Å². The Morgan fingerprint density at radius 2 is 1.96 bits per heavy atom. The van der Waals surface area contributed by atoms with E-state index in [-0.39, 0.29) is 6.09 Å². The lowest BCUT2D eigenvalue weighted by Gasteiger charge is -2.33. The molecule has 1 aliphatic heterocycles. The van der Waals surface area contributed by atoms with E-state index in [1.807, 2.05) is 32.9 Å². The van der Waals surface area contributed by atoms with Gasteiger partial charge in [-0.3, -0.25) is 0 Å². The molecule has 0 unspecified atom stereocenters. The van der Waals surface area contributed by atoms with Crippen LogP contribution in [0.1, 0.15) is 45.7 Å². The molecule has 0 saturated carbocycles. The summed E-state index contributed by atoms with van der Waals surface area (Å²) in [7, 11) is 0. The van der Waals surface area contributed by atoms with Crippen LogP contribution in [0.4, 0.5) is 16.2 Å². The fourth-order valence-electron chi connectivity index (χ4n) is 2.66. The Labute approximate surface area is 144 Å². The van der Waals surface area contributed by atoms with Crippen LogP contribution in [-0.2, 0) is 17.7 Å². The average Bonchev–Trinajstić information content (AvgIpc) is 2.43. The Morgan fingerprint density at radius 3 is 2.54 bits per heavy atom. The lowest BCUT2D eigenvalue weighted by molar-refractivity contribution is 0.0224. The van der Waals surface area contributed by atoms with Crippen LogP contribution >= 0.6 is 0 Å². The van der Waals surface area contributed by atoms with Crippen molar-refractivity contribution in [3.63, 3.8) is 0 Å². The minimum atomic E-state index is -0.800. The fourth-order valence-corrected chi connectivity index (χ4v) is 2.66. The van der Waals surface area contributed by atoms with Gasteiger partial charge in [-0.25, -0.2) is 4.79 Å². The van der Waals surface area contributed by atoms with Crippen LogP contribution in [0.15, 0.2) is 12.1 Å². The number of aliphatic hydroxyl groups is 1. The monoisotopic (exact) mass is 335 g/mol. The van der Waals surface area contributed by atoms with Crippen molar-refractivity contribution >= 4 is 17.5 Å². The number of amides is 1. The number of nitrogen functional groups attached to an aromatic ring is 1. The topological polar surface area (TPSA) is 87.8 Å². The third-order valence-electron chi connectivity index (χ3n) is 3.81. The highest BCUT2D eigenvalue weighted by molar-refractivity contribution is 5.71. The van der Waals surface area contributed by atoms with E-state index >= 15 is 0 Å². The molecule has 1 aromatic rings. The molecule has 0 bridgehead atoms. The summed E-state index contributed by atoms with van der Waals surface area (Å²) < 4.78 is 5.45. The molecule has 0 radical (unpaired) electrons. The molecule has 24 heavy (non-hydrogen) atoms. The summed E-state index contributed by atoms with van der Waals surface area (Å²) in [6.07, 6.45) is 0.385. The molecule has 134 valence electrons. The van der Waals surface area contributed by atoms with Gasteiger partial charge in [0.2, 0.25) is 0 Å². The molecule has 0 spiro atoms. The molecule has 0 atom stereocenters. The van der Waals surface area contributed by atoms with Gasteiger partial charge in [0.15, 0.2) is 0 Å². The van der Waals surface area contributed by atoms with Gasteiger partial charge in [-0.05, 0) is 64.3 Å². The fraction of sp³-hybridized carbons (Fsp3) is 0.611. The predicted molar refractivity (Wildman–Crippen MR) is 96.0 cm³/mol. The summed E-state index contributed by atoms with van der Waals surface area (Å²) in [6.45, 7) is 10.6. The van der Waals surface area contributed by atoms with Gasteiger partial charge in [0, 0.05) is 24.5 Å². The van der Waals surface area contributed by atoms with Gasteiger partial charge in [0.05, 0.1) is 12.1 Å². The highest BCUT2D eigenvalue weighted by atomic mass is 16.6. The van der Waals surface area contributed by atoms with Crippen LogP contribution in [-0.4, -0.2) is 40.4 Å². The second-order valence-electron chi connectivity index (χ2n) is 7.98. The van der Waals surface area contributed by atoms with Gasteiger partial charge in [-0.1, -0.05) is 0 Å². The Morgan fingerprint density at radius 1 is 1.29 bits per heavy atom. The first-order valence-corrected chi connectivity index (χ1v) is 8.31.